The van der Waals surface area contributed by atoms with E-state index in [1.165, 1.54) is 39.1 Å². The van der Waals surface area contributed by atoms with Gasteiger partial charge in [-0.3, -0.25) is 9.59 Å². The fourth-order valence-electron chi connectivity index (χ4n) is 2.66. The van der Waals surface area contributed by atoms with Gasteiger partial charge in [0.1, 0.15) is 11.7 Å². The van der Waals surface area contributed by atoms with E-state index in [0.717, 1.165) is 15.4 Å². The summed E-state index contributed by atoms with van der Waals surface area (Å²) in [5, 5.41) is 0.828. The van der Waals surface area contributed by atoms with Gasteiger partial charge in [-0.15, -0.1) is 23.1 Å². The summed E-state index contributed by atoms with van der Waals surface area (Å²) in [6.07, 6.45) is 0. The third-order valence-corrected chi connectivity index (χ3v) is 6.21. The number of hydrogen-bond acceptors (Lipinski definition) is 5. The molecule has 1 aliphatic heterocycles. The predicted octanol–water partition coefficient (Wildman–Crippen LogP) is 2.74. The fourth-order valence-corrected chi connectivity index (χ4v) is 4.74. The van der Waals surface area contributed by atoms with Crippen molar-refractivity contribution in [3.05, 3.63) is 40.0 Å². The highest BCUT2D eigenvalue weighted by Crippen LogP contribution is 2.33. The molecule has 0 aliphatic carbocycles. The number of hydrogen-bond donors (Lipinski definition) is 1. The van der Waals surface area contributed by atoms with Crippen LogP contribution in [0.5, 0.6) is 0 Å². The van der Waals surface area contributed by atoms with E-state index >= 15 is 0 Å². The molecule has 1 fully saturated rings. The summed E-state index contributed by atoms with van der Waals surface area (Å²) in [5.41, 5.74) is 9.20. The van der Waals surface area contributed by atoms with Crippen molar-refractivity contribution in [3.8, 4) is 10.4 Å². The third-order valence-electron chi connectivity index (χ3n) is 4.18. The minimum Gasteiger partial charge on any atom is -0.368 e. The molecule has 2 heterocycles. The van der Waals surface area contributed by atoms with Crippen LogP contribution in [0.2, 0.25) is 0 Å². The average Bonchev–Trinajstić information content (AvgIpc) is 3.16. The summed E-state index contributed by atoms with van der Waals surface area (Å²) in [6.45, 7) is 5.99. The number of thioether (sulfide) groups is 1. The number of aryl methyl sites for hydroxylation is 3. The molecular formula is C17H19N3O2S2. The number of amides is 2. The molecule has 2 amide bonds. The molecule has 1 aromatic heterocycles. The van der Waals surface area contributed by atoms with Crippen LogP contribution in [0.15, 0.2) is 18.2 Å². The maximum absolute atomic E-state index is 13.0. The van der Waals surface area contributed by atoms with Crippen LogP contribution in [0.4, 0.5) is 0 Å². The Morgan fingerprint density at radius 3 is 2.67 bits per heavy atom. The number of nitrogens with two attached hydrogens (primary N) is 1. The second-order valence-electron chi connectivity index (χ2n) is 5.90. The number of carbonyl (C=O) groups excluding carboxylic acids is 2. The first kappa shape index (κ1) is 17.0. The lowest BCUT2D eigenvalue weighted by Gasteiger charge is -2.20. The molecule has 1 aromatic carbocycles. The number of benzene rings is 1. The van der Waals surface area contributed by atoms with Gasteiger partial charge >= 0.3 is 0 Å². The van der Waals surface area contributed by atoms with Crippen LogP contribution < -0.4 is 5.73 Å². The summed E-state index contributed by atoms with van der Waals surface area (Å²) >= 11 is 3.03. The van der Waals surface area contributed by atoms with Crippen LogP contribution in [0.25, 0.3) is 10.4 Å². The molecule has 0 bridgehead atoms. The SMILES string of the molecule is Cc1nc(C(=O)N2CSC[C@H]2C(N)=O)c(-c2ccc(C)c(C)c2)s1. The highest BCUT2D eigenvalue weighted by molar-refractivity contribution is 7.99. The molecular weight excluding hydrogens is 342 g/mol. The second kappa shape index (κ2) is 6.57. The Morgan fingerprint density at radius 2 is 2.00 bits per heavy atom. The quantitative estimate of drug-likeness (QED) is 0.912. The van der Waals surface area contributed by atoms with Crippen LogP contribution in [0.1, 0.15) is 26.6 Å². The predicted molar refractivity (Wildman–Crippen MR) is 98.2 cm³/mol. The summed E-state index contributed by atoms with van der Waals surface area (Å²) in [4.78, 5) is 31.4. The number of rotatable bonds is 3. The van der Waals surface area contributed by atoms with Crippen molar-refractivity contribution in [2.75, 3.05) is 11.6 Å². The highest BCUT2D eigenvalue weighted by Gasteiger charge is 2.36. The first-order valence-electron chi connectivity index (χ1n) is 7.61. The summed E-state index contributed by atoms with van der Waals surface area (Å²) in [7, 11) is 0. The van der Waals surface area contributed by atoms with Crippen LogP contribution in [-0.4, -0.2) is 39.4 Å². The molecule has 0 radical (unpaired) electrons. The van der Waals surface area contributed by atoms with Crippen molar-refractivity contribution in [2.24, 2.45) is 5.73 Å². The fraction of sp³-hybridized carbons (Fsp3) is 0.353. The summed E-state index contributed by atoms with van der Waals surface area (Å²) < 4.78 is 0. The van der Waals surface area contributed by atoms with Gasteiger partial charge < -0.3 is 10.6 Å². The monoisotopic (exact) mass is 361 g/mol. The minimum absolute atomic E-state index is 0.221. The van der Waals surface area contributed by atoms with Crippen molar-refractivity contribution < 1.29 is 9.59 Å². The van der Waals surface area contributed by atoms with E-state index in [1.807, 2.05) is 19.1 Å². The smallest absolute Gasteiger partial charge is 0.275 e. The topological polar surface area (TPSA) is 76.3 Å². The maximum Gasteiger partial charge on any atom is 0.275 e. The van der Waals surface area contributed by atoms with Crippen LogP contribution >= 0.6 is 23.1 Å². The molecule has 126 valence electrons. The highest BCUT2D eigenvalue weighted by atomic mass is 32.2. The number of nitrogens with zero attached hydrogens (tertiary/aromatic N) is 2. The first-order chi connectivity index (χ1) is 11.4. The Kier molecular flexibility index (Phi) is 4.64. The van der Waals surface area contributed by atoms with Crippen molar-refractivity contribution in [1.29, 1.82) is 0 Å². The molecule has 2 N–H and O–H groups in total. The van der Waals surface area contributed by atoms with Crippen molar-refractivity contribution in [3.63, 3.8) is 0 Å². The minimum atomic E-state index is -0.558. The van der Waals surface area contributed by atoms with Gasteiger partial charge in [0, 0.05) is 5.75 Å². The van der Waals surface area contributed by atoms with Crippen LogP contribution in [0, 0.1) is 20.8 Å². The maximum atomic E-state index is 13.0. The van der Waals surface area contributed by atoms with Crippen LogP contribution in [0.3, 0.4) is 0 Å². The van der Waals surface area contributed by atoms with E-state index in [9.17, 15) is 9.59 Å². The zero-order valence-corrected chi connectivity index (χ0v) is 15.5. The third kappa shape index (κ3) is 3.06. The number of aromatic nitrogens is 1. The van der Waals surface area contributed by atoms with Gasteiger partial charge in [0.25, 0.3) is 5.91 Å². The molecule has 3 rings (SSSR count). The molecule has 1 atom stereocenters. The lowest BCUT2D eigenvalue weighted by molar-refractivity contribution is -0.121. The second-order valence-corrected chi connectivity index (χ2v) is 8.11. The summed E-state index contributed by atoms with van der Waals surface area (Å²) in [6, 6.07) is 5.57. The Bertz CT molecular complexity index is 816. The largest absolute Gasteiger partial charge is 0.368 e. The molecule has 0 unspecified atom stereocenters. The van der Waals surface area contributed by atoms with Gasteiger partial charge in [-0.2, -0.15) is 0 Å². The van der Waals surface area contributed by atoms with E-state index in [2.05, 4.69) is 24.9 Å². The van der Waals surface area contributed by atoms with Crippen LogP contribution in [-0.2, 0) is 4.79 Å². The summed E-state index contributed by atoms with van der Waals surface area (Å²) in [5.74, 6) is 0.327. The zero-order valence-electron chi connectivity index (χ0n) is 13.8. The molecule has 1 aliphatic rings. The standard InChI is InChI=1S/C17H19N3O2S2/c1-9-4-5-12(6-10(9)2)15-14(19-11(3)24-15)17(22)20-8-23-7-13(20)16(18)21/h4-6,13H,7-8H2,1-3H3,(H2,18,21)/t13-/m0/s1. The zero-order chi connectivity index (χ0) is 17.4. The Morgan fingerprint density at radius 1 is 1.25 bits per heavy atom. The molecule has 2 aromatic rings. The van der Waals surface area contributed by atoms with E-state index in [1.54, 1.807) is 0 Å². The Balaban J connectivity index is 2.01. The van der Waals surface area contributed by atoms with E-state index in [4.69, 9.17) is 5.73 Å². The normalized spacial score (nSPS) is 17.3. The van der Waals surface area contributed by atoms with Gasteiger partial charge in [-0.05, 0) is 37.5 Å². The molecule has 0 saturated carbocycles. The Labute approximate surface area is 149 Å². The molecule has 7 heteroatoms. The van der Waals surface area contributed by atoms with Crippen molar-refractivity contribution >= 4 is 34.9 Å². The first-order valence-corrected chi connectivity index (χ1v) is 9.58. The van der Waals surface area contributed by atoms with Gasteiger partial charge in [-0.25, -0.2) is 4.98 Å². The molecule has 24 heavy (non-hydrogen) atoms. The molecule has 5 nitrogen and oxygen atoms in total. The van der Waals surface area contributed by atoms with Gasteiger partial charge in [0.15, 0.2) is 0 Å². The number of thiazole rings is 1. The molecule has 0 spiro atoms. The van der Waals surface area contributed by atoms with Gasteiger partial charge in [0.2, 0.25) is 5.91 Å². The molecule has 1 saturated heterocycles. The van der Waals surface area contributed by atoms with E-state index in [-0.39, 0.29) is 5.91 Å². The van der Waals surface area contributed by atoms with E-state index in [0.29, 0.717) is 17.3 Å². The lowest BCUT2D eigenvalue weighted by atomic mass is 10.0. The Hall–Kier alpha value is -1.86. The number of carbonyl (C=O) groups is 2. The van der Waals surface area contributed by atoms with Crippen molar-refractivity contribution in [2.45, 2.75) is 26.8 Å². The van der Waals surface area contributed by atoms with Crippen molar-refractivity contribution in [1.82, 2.24) is 9.88 Å². The van der Waals surface area contributed by atoms with Gasteiger partial charge in [-0.1, -0.05) is 18.2 Å². The van der Waals surface area contributed by atoms with E-state index < -0.39 is 11.9 Å². The number of primary amides is 1. The average molecular weight is 361 g/mol. The lowest BCUT2D eigenvalue weighted by Crippen LogP contribution is -2.45. The van der Waals surface area contributed by atoms with Gasteiger partial charge in [0.05, 0.1) is 15.8 Å².